The van der Waals surface area contributed by atoms with E-state index in [1.165, 1.54) is 11.3 Å². The van der Waals surface area contributed by atoms with E-state index in [2.05, 4.69) is 4.98 Å². The van der Waals surface area contributed by atoms with Crippen molar-refractivity contribution in [1.82, 2.24) is 4.98 Å². The molecule has 0 aliphatic carbocycles. The summed E-state index contributed by atoms with van der Waals surface area (Å²) in [4.78, 5) is 19.2. The van der Waals surface area contributed by atoms with Crippen LogP contribution in [0.15, 0.2) is 59.2 Å². The maximum atomic E-state index is 13.0. The van der Waals surface area contributed by atoms with E-state index in [1.54, 1.807) is 41.5 Å². The number of hydrogen-bond acceptors (Lipinski definition) is 5. The van der Waals surface area contributed by atoms with Crippen molar-refractivity contribution in [2.24, 2.45) is 0 Å². The first-order chi connectivity index (χ1) is 14.0. The van der Waals surface area contributed by atoms with Gasteiger partial charge in [0.2, 0.25) is 0 Å². The van der Waals surface area contributed by atoms with Gasteiger partial charge in [-0.25, -0.2) is 4.98 Å². The number of carbonyl (C=O) groups is 1. The molecule has 0 fully saturated rings. The summed E-state index contributed by atoms with van der Waals surface area (Å²) in [5.74, 6) is 0.958. The number of benzene rings is 2. The molecule has 2 heterocycles. The average Bonchev–Trinajstić information content (AvgIpc) is 3.39. The van der Waals surface area contributed by atoms with Gasteiger partial charge in [-0.05, 0) is 55.0 Å². The van der Waals surface area contributed by atoms with Crippen molar-refractivity contribution < 1.29 is 13.9 Å². The molecule has 0 radical (unpaired) electrons. The van der Waals surface area contributed by atoms with E-state index in [9.17, 15) is 4.79 Å². The fourth-order valence-electron chi connectivity index (χ4n) is 2.78. The van der Waals surface area contributed by atoms with Crippen molar-refractivity contribution in [2.75, 3.05) is 11.5 Å². The average molecular weight is 447 g/mol. The molecule has 4 aromatic rings. The number of amides is 1. The van der Waals surface area contributed by atoms with Gasteiger partial charge in [0.05, 0.1) is 28.0 Å². The van der Waals surface area contributed by atoms with E-state index < -0.39 is 0 Å². The summed E-state index contributed by atoms with van der Waals surface area (Å²) in [5.41, 5.74) is 1.78. The van der Waals surface area contributed by atoms with Gasteiger partial charge < -0.3 is 9.15 Å². The van der Waals surface area contributed by atoms with Gasteiger partial charge in [0.25, 0.3) is 5.91 Å². The number of furan rings is 1. The molecule has 0 unspecified atom stereocenters. The highest BCUT2D eigenvalue weighted by atomic mass is 35.5. The van der Waals surface area contributed by atoms with Crippen LogP contribution in [0.2, 0.25) is 10.0 Å². The molecule has 1 amide bonds. The maximum Gasteiger partial charge on any atom is 0.267 e. The first kappa shape index (κ1) is 19.8. The lowest BCUT2D eigenvalue weighted by molar-refractivity contribution is -0.120. The molecule has 2 aromatic heterocycles. The van der Waals surface area contributed by atoms with Crippen LogP contribution in [-0.2, 0) is 11.3 Å². The number of ether oxygens (including phenoxy) is 1. The summed E-state index contributed by atoms with van der Waals surface area (Å²) >= 11 is 13.6. The largest absolute Gasteiger partial charge is 0.484 e. The van der Waals surface area contributed by atoms with Crippen LogP contribution in [0.1, 0.15) is 11.3 Å². The van der Waals surface area contributed by atoms with Crippen molar-refractivity contribution in [1.29, 1.82) is 0 Å². The van der Waals surface area contributed by atoms with E-state index >= 15 is 0 Å². The van der Waals surface area contributed by atoms with Crippen LogP contribution in [-0.4, -0.2) is 17.5 Å². The highest BCUT2D eigenvalue weighted by Crippen LogP contribution is 2.36. The number of aryl methyl sites for hydroxylation is 1. The number of nitrogens with zero attached hydrogens (tertiary/aromatic N) is 2. The molecule has 2 aromatic carbocycles. The number of anilines is 1. The Morgan fingerprint density at radius 2 is 1.97 bits per heavy atom. The van der Waals surface area contributed by atoms with E-state index in [1.807, 2.05) is 25.1 Å². The summed E-state index contributed by atoms with van der Waals surface area (Å²) in [7, 11) is 0. The van der Waals surface area contributed by atoms with Crippen LogP contribution in [0, 0.1) is 6.92 Å². The second-order valence-electron chi connectivity index (χ2n) is 6.34. The Balaban J connectivity index is 1.62. The number of rotatable bonds is 6. The first-order valence-corrected chi connectivity index (χ1v) is 10.4. The van der Waals surface area contributed by atoms with Crippen LogP contribution in [0.4, 0.5) is 5.13 Å². The van der Waals surface area contributed by atoms with Crippen molar-refractivity contribution in [2.45, 2.75) is 13.5 Å². The van der Waals surface area contributed by atoms with Gasteiger partial charge in [-0.2, -0.15) is 0 Å². The van der Waals surface area contributed by atoms with E-state index in [0.717, 1.165) is 15.8 Å². The Kier molecular flexibility index (Phi) is 5.76. The number of fused-ring (bicyclic) bond motifs is 1. The standard InChI is InChI=1S/C21H16Cl2N2O3S/c1-13-4-9-17(23)20-19(13)24-21(29-20)25(11-16-3-2-10-27-16)18(26)12-28-15-7-5-14(22)6-8-15/h2-10H,11-12H2,1H3. The molecule has 4 rings (SSSR count). The minimum atomic E-state index is -0.246. The fourth-order valence-corrected chi connectivity index (χ4v) is 4.24. The van der Waals surface area contributed by atoms with Crippen molar-refractivity contribution in [3.8, 4) is 5.75 Å². The van der Waals surface area contributed by atoms with E-state index in [4.69, 9.17) is 32.4 Å². The number of aromatic nitrogens is 1. The molecule has 0 aliphatic rings. The molecule has 0 N–H and O–H groups in total. The Morgan fingerprint density at radius 3 is 2.66 bits per heavy atom. The highest BCUT2D eigenvalue weighted by molar-refractivity contribution is 7.23. The third kappa shape index (κ3) is 4.40. The molecule has 0 saturated carbocycles. The summed E-state index contributed by atoms with van der Waals surface area (Å²) < 4.78 is 11.9. The third-order valence-corrected chi connectivity index (χ3v) is 6.08. The van der Waals surface area contributed by atoms with Gasteiger partial charge in [0, 0.05) is 5.02 Å². The first-order valence-electron chi connectivity index (χ1n) is 8.78. The number of hydrogen-bond donors (Lipinski definition) is 0. The Bertz CT molecular complexity index is 1100. The molecule has 0 spiro atoms. The topological polar surface area (TPSA) is 55.6 Å². The second kappa shape index (κ2) is 8.45. The minimum absolute atomic E-state index is 0.148. The summed E-state index contributed by atoms with van der Waals surface area (Å²) in [5, 5.41) is 1.75. The zero-order valence-corrected chi connectivity index (χ0v) is 17.7. The lowest BCUT2D eigenvalue weighted by Gasteiger charge is -2.19. The molecule has 5 nitrogen and oxygen atoms in total. The van der Waals surface area contributed by atoms with Crippen LogP contribution < -0.4 is 9.64 Å². The third-order valence-electron chi connectivity index (χ3n) is 4.29. The molecule has 0 aliphatic heterocycles. The normalized spacial score (nSPS) is 11.0. The summed E-state index contributed by atoms with van der Waals surface area (Å²) in [6.45, 7) is 2.06. The molecule has 0 bridgehead atoms. The van der Waals surface area contributed by atoms with Crippen LogP contribution in [0.25, 0.3) is 10.2 Å². The predicted molar refractivity (Wildman–Crippen MR) is 116 cm³/mol. The number of thiazole rings is 1. The molecule has 148 valence electrons. The number of carbonyl (C=O) groups excluding carboxylic acids is 1. The molecule has 8 heteroatoms. The Hall–Kier alpha value is -2.54. The molecule has 0 atom stereocenters. The van der Waals surface area contributed by atoms with E-state index in [0.29, 0.717) is 26.7 Å². The molecule has 0 saturated heterocycles. The van der Waals surface area contributed by atoms with Gasteiger partial charge >= 0.3 is 0 Å². The monoisotopic (exact) mass is 446 g/mol. The lowest BCUT2D eigenvalue weighted by Crippen LogP contribution is -2.34. The van der Waals surface area contributed by atoms with Crippen molar-refractivity contribution >= 4 is 55.8 Å². The van der Waals surface area contributed by atoms with Crippen LogP contribution >= 0.6 is 34.5 Å². The summed E-state index contributed by atoms with van der Waals surface area (Å²) in [6, 6.07) is 14.2. The lowest BCUT2D eigenvalue weighted by atomic mass is 10.2. The molecular formula is C21H16Cl2N2O3S. The highest BCUT2D eigenvalue weighted by Gasteiger charge is 2.23. The SMILES string of the molecule is Cc1ccc(Cl)c2sc(N(Cc3ccco3)C(=O)COc3ccc(Cl)cc3)nc12. The smallest absolute Gasteiger partial charge is 0.267 e. The summed E-state index contributed by atoms with van der Waals surface area (Å²) in [6.07, 6.45) is 1.57. The predicted octanol–water partition coefficient (Wildman–Crippen LogP) is 6.12. The quantitative estimate of drug-likeness (QED) is 0.358. The minimum Gasteiger partial charge on any atom is -0.484 e. The Labute approximate surface area is 181 Å². The van der Waals surface area contributed by atoms with Gasteiger partial charge in [0.15, 0.2) is 11.7 Å². The molecular weight excluding hydrogens is 431 g/mol. The second-order valence-corrected chi connectivity index (χ2v) is 8.16. The van der Waals surface area contributed by atoms with Crippen molar-refractivity contribution in [3.05, 3.63) is 76.2 Å². The van der Waals surface area contributed by atoms with Gasteiger partial charge in [-0.3, -0.25) is 9.69 Å². The van der Waals surface area contributed by atoms with Crippen LogP contribution in [0.3, 0.4) is 0 Å². The zero-order valence-electron chi connectivity index (χ0n) is 15.4. The van der Waals surface area contributed by atoms with Gasteiger partial charge in [-0.15, -0.1) is 0 Å². The maximum absolute atomic E-state index is 13.0. The number of halogens is 2. The van der Waals surface area contributed by atoms with Crippen molar-refractivity contribution in [3.63, 3.8) is 0 Å². The zero-order chi connectivity index (χ0) is 20.4. The fraction of sp³-hybridized carbons (Fsp3) is 0.143. The molecule has 29 heavy (non-hydrogen) atoms. The van der Waals surface area contributed by atoms with Crippen LogP contribution in [0.5, 0.6) is 5.75 Å². The van der Waals surface area contributed by atoms with E-state index in [-0.39, 0.29) is 19.1 Å². The Morgan fingerprint density at radius 1 is 1.17 bits per heavy atom. The van der Waals surface area contributed by atoms with Gasteiger partial charge in [0.1, 0.15) is 11.5 Å². The van der Waals surface area contributed by atoms with Gasteiger partial charge in [-0.1, -0.05) is 40.6 Å².